The van der Waals surface area contributed by atoms with Crippen molar-refractivity contribution in [3.63, 3.8) is 0 Å². The van der Waals surface area contributed by atoms with E-state index >= 15 is 0 Å². The van der Waals surface area contributed by atoms with E-state index in [1.54, 1.807) is 11.3 Å². The molecule has 86 valence electrons. The van der Waals surface area contributed by atoms with Gasteiger partial charge in [0.1, 0.15) is 0 Å². The van der Waals surface area contributed by atoms with Gasteiger partial charge in [0.15, 0.2) is 0 Å². The topological polar surface area (TPSA) is 43.8 Å². The first-order valence-electron chi connectivity index (χ1n) is 5.37. The Morgan fingerprint density at radius 3 is 2.75 bits per heavy atom. The molecule has 0 spiro atoms. The zero-order chi connectivity index (χ0) is 11.7. The van der Waals surface area contributed by atoms with E-state index < -0.39 is 0 Å². The fourth-order valence-corrected chi connectivity index (χ4v) is 2.87. The minimum Gasteiger partial charge on any atom is -0.323 e. The normalized spacial score (nSPS) is 13.0. The average Bonchev–Trinajstić information content (AvgIpc) is 2.74. The second-order valence-electron chi connectivity index (χ2n) is 4.18. The maximum Gasteiger partial charge on any atom is 0.0596 e. The molecule has 0 saturated carbocycles. The van der Waals surface area contributed by atoms with E-state index in [-0.39, 0.29) is 6.04 Å². The van der Waals surface area contributed by atoms with Gasteiger partial charge >= 0.3 is 0 Å². The molecule has 0 amide bonds. The second kappa shape index (κ2) is 4.39. The van der Waals surface area contributed by atoms with E-state index in [2.05, 4.69) is 29.5 Å². The lowest BCUT2D eigenvalue weighted by Crippen LogP contribution is -2.15. The molecule has 0 radical (unpaired) electrons. The first kappa shape index (κ1) is 11.4. The van der Waals surface area contributed by atoms with Gasteiger partial charge in [0.05, 0.1) is 5.69 Å². The second-order valence-corrected chi connectivity index (χ2v) is 5.13. The Morgan fingerprint density at radius 1 is 1.50 bits per heavy atom. The van der Waals surface area contributed by atoms with Crippen LogP contribution in [0.1, 0.15) is 27.9 Å². The molecule has 0 aliphatic carbocycles. The molecular formula is C12H17N3S. The molecule has 0 saturated heterocycles. The van der Waals surface area contributed by atoms with Crippen LogP contribution in [0.2, 0.25) is 0 Å². The van der Waals surface area contributed by atoms with Gasteiger partial charge in [-0.1, -0.05) is 0 Å². The molecule has 2 rings (SSSR count). The summed E-state index contributed by atoms with van der Waals surface area (Å²) < 4.78 is 1.91. The Kier molecular flexibility index (Phi) is 3.12. The fourth-order valence-electron chi connectivity index (χ4n) is 1.94. The minimum absolute atomic E-state index is 0.0785. The Labute approximate surface area is 99.9 Å². The number of thiophene rings is 1. The summed E-state index contributed by atoms with van der Waals surface area (Å²) in [6, 6.07) is 4.30. The monoisotopic (exact) mass is 235 g/mol. The molecule has 4 heteroatoms. The van der Waals surface area contributed by atoms with E-state index in [1.807, 2.05) is 18.7 Å². The number of hydrogen-bond donors (Lipinski definition) is 1. The van der Waals surface area contributed by atoms with Crippen LogP contribution in [0, 0.1) is 13.8 Å². The SMILES string of the molecule is Cc1cc(CC(N)c2sccc2C)n(C)n1. The van der Waals surface area contributed by atoms with Gasteiger partial charge < -0.3 is 5.73 Å². The van der Waals surface area contributed by atoms with Crippen molar-refractivity contribution in [2.45, 2.75) is 26.3 Å². The van der Waals surface area contributed by atoms with Crippen LogP contribution in [0.4, 0.5) is 0 Å². The predicted octanol–water partition coefficient (Wildman–Crippen LogP) is 2.34. The highest BCUT2D eigenvalue weighted by atomic mass is 32.1. The molecule has 0 aliphatic heterocycles. The summed E-state index contributed by atoms with van der Waals surface area (Å²) in [5, 5.41) is 6.43. The van der Waals surface area contributed by atoms with Gasteiger partial charge in [0.25, 0.3) is 0 Å². The summed E-state index contributed by atoms with van der Waals surface area (Å²) in [6.45, 7) is 4.12. The van der Waals surface area contributed by atoms with Crippen molar-refractivity contribution in [2.24, 2.45) is 12.8 Å². The maximum atomic E-state index is 6.22. The molecule has 0 fully saturated rings. The average molecular weight is 235 g/mol. The fraction of sp³-hybridized carbons (Fsp3) is 0.417. The van der Waals surface area contributed by atoms with Crippen molar-refractivity contribution in [3.05, 3.63) is 39.3 Å². The lowest BCUT2D eigenvalue weighted by atomic mass is 10.1. The first-order chi connectivity index (χ1) is 7.58. The third kappa shape index (κ3) is 2.18. The van der Waals surface area contributed by atoms with Gasteiger partial charge in [0.2, 0.25) is 0 Å². The molecule has 2 heterocycles. The summed E-state index contributed by atoms with van der Waals surface area (Å²) >= 11 is 1.73. The zero-order valence-electron chi connectivity index (χ0n) is 9.90. The van der Waals surface area contributed by atoms with Crippen molar-refractivity contribution in [2.75, 3.05) is 0 Å². The van der Waals surface area contributed by atoms with Crippen molar-refractivity contribution < 1.29 is 0 Å². The largest absolute Gasteiger partial charge is 0.323 e. The molecule has 0 aliphatic rings. The van der Waals surface area contributed by atoms with Crippen LogP contribution in [0.25, 0.3) is 0 Å². The Morgan fingerprint density at radius 2 is 2.25 bits per heavy atom. The number of aryl methyl sites for hydroxylation is 3. The van der Waals surface area contributed by atoms with E-state index in [4.69, 9.17) is 5.73 Å². The molecule has 0 aromatic carbocycles. The van der Waals surface area contributed by atoms with Gasteiger partial charge in [-0.3, -0.25) is 4.68 Å². The van der Waals surface area contributed by atoms with E-state index in [1.165, 1.54) is 16.1 Å². The van der Waals surface area contributed by atoms with E-state index in [0.717, 1.165) is 12.1 Å². The van der Waals surface area contributed by atoms with Crippen LogP contribution >= 0.6 is 11.3 Å². The van der Waals surface area contributed by atoms with Crippen molar-refractivity contribution in [1.82, 2.24) is 9.78 Å². The van der Waals surface area contributed by atoms with Crippen LogP contribution < -0.4 is 5.73 Å². The Balaban J connectivity index is 2.16. The van der Waals surface area contributed by atoms with Crippen LogP contribution in [-0.2, 0) is 13.5 Å². The first-order valence-corrected chi connectivity index (χ1v) is 6.25. The summed E-state index contributed by atoms with van der Waals surface area (Å²) in [7, 11) is 1.97. The summed E-state index contributed by atoms with van der Waals surface area (Å²) in [5.41, 5.74) is 9.75. The molecule has 16 heavy (non-hydrogen) atoms. The number of rotatable bonds is 3. The highest BCUT2D eigenvalue weighted by Gasteiger charge is 2.13. The molecular weight excluding hydrogens is 218 g/mol. The molecule has 2 N–H and O–H groups in total. The van der Waals surface area contributed by atoms with Crippen molar-refractivity contribution in [3.8, 4) is 0 Å². The zero-order valence-corrected chi connectivity index (χ0v) is 10.7. The number of nitrogens with zero attached hydrogens (tertiary/aromatic N) is 2. The molecule has 2 aromatic heterocycles. The number of aromatic nitrogens is 2. The Bertz CT molecular complexity index is 484. The van der Waals surface area contributed by atoms with Crippen LogP contribution in [0.3, 0.4) is 0 Å². The third-order valence-electron chi connectivity index (χ3n) is 2.77. The molecule has 1 unspecified atom stereocenters. The minimum atomic E-state index is 0.0785. The molecule has 0 bridgehead atoms. The van der Waals surface area contributed by atoms with Crippen LogP contribution in [-0.4, -0.2) is 9.78 Å². The van der Waals surface area contributed by atoms with Gasteiger partial charge in [-0.25, -0.2) is 0 Å². The highest BCUT2D eigenvalue weighted by Crippen LogP contribution is 2.24. The van der Waals surface area contributed by atoms with E-state index in [9.17, 15) is 0 Å². The standard InChI is InChI=1S/C12H17N3S/c1-8-4-5-16-12(8)11(13)7-10-6-9(2)14-15(10)3/h4-6,11H,7,13H2,1-3H3. The highest BCUT2D eigenvalue weighted by molar-refractivity contribution is 7.10. The lowest BCUT2D eigenvalue weighted by Gasteiger charge is -2.11. The summed E-state index contributed by atoms with van der Waals surface area (Å²) in [5.74, 6) is 0. The van der Waals surface area contributed by atoms with Gasteiger partial charge in [0, 0.05) is 30.1 Å². The summed E-state index contributed by atoms with van der Waals surface area (Å²) in [6.07, 6.45) is 0.846. The van der Waals surface area contributed by atoms with Crippen molar-refractivity contribution in [1.29, 1.82) is 0 Å². The van der Waals surface area contributed by atoms with Crippen molar-refractivity contribution >= 4 is 11.3 Å². The van der Waals surface area contributed by atoms with E-state index in [0.29, 0.717) is 0 Å². The quantitative estimate of drug-likeness (QED) is 0.887. The predicted molar refractivity (Wildman–Crippen MR) is 67.6 cm³/mol. The third-order valence-corrected chi connectivity index (χ3v) is 3.92. The summed E-state index contributed by atoms with van der Waals surface area (Å²) in [4.78, 5) is 1.28. The lowest BCUT2D eigenvalue weighted by molar-refractivity contribution is 0.644. The number of nitrogens with two attached hydrogens (primary N) is 1. The number of hydrogen-bond acceptors (Lipinski definition) is 3. The van der Waals surface area contributed by atoms with Crippen LogP contribution in [0.5, 0.6) is 0 Å². The molecule has 1 atom stereocenters. The molecule has 2 aromatic rings. The van der Waals surface area contributed by atoms with Gasteiger partial charge in [-0.2, -0.15) is 5.10 Å². The smallest absolute Gasteiger partial charge is 0.0596 e. The molecule has 3 nitrogen and oxygen atoms in total. The van der Waals surface area contributed by atoms with Gasteiger partial charge in [-0.15, -0.1) is 11.3 Å². The maximum absolute atomic E-state index is 6.22. The van der Waals surface area contributed by atoms with Gasteiger partial charge in [-0.05, 0) is 36.9 Å². The Hall–Kier alpha value is -1.13. The van der Waals surface area contributed by atoms with Crippen LogP contribution in [0.15, 0.2) is 17.5 Å².